The van der Waals surface area contributed by atoms with Crippen LogP contribution in [0, 0.1) is 12.7 Å². The molecule has 4 aromatic heterocycles. The Balaban J connectivity index is 1.57. The first-order valence-corrected chi connectivity index (χ1v) is 9.20. The SMILES string of the molecule is Cc1cnc(Nc2cc(-c3cn[nH]c3)c[nH]c2=O)nc1NC(C)c1ccc(F)cn1. The third-order valence-electron chi connectivity index (χ3n) is 4.50. The number of hydrogen-bond donors (Lipinski definition) is 4. The molecule has 0 bridgehead atoms. The summed E-state index contributed by atoms with van der Waals surface area (Å²) in [6.07, 6.45) is 7.82. The van der Waals surface area contributed by atoms with Gasteiger partial charge in [0.05, 0.1) is 24.1 Å². The molecule has 0 aliphatic heterocycles. The predicted molar refractivity (Wildman–Crippen MR) is 111 cm³/mol. The highest BCUT2D eigenvalue weighted by atomic mass is 19.1. The first kappa shape index (κ1) is 19.2. The summed E-state index contributed by atoms with van der Waals surface area (Å²) in [7, 11) is 0. The zero-order valence-electron chi connectivity index (χ0n) is 16.3. The fourth-order valence-electron chi connectivity index (χ4n) is 2.84. The molecule has 1 unspecified atom stereocenters. The van der Waals surface area contributed by atoms with Crippen LogP contribution in [0.5, 0.6) is 0 Å². The number of aromatic nitrogens is 6. The topological polar surface area (TPSA) is 124 Å². The van der Waals surface area contributed by atoms with E-state index in [4.69, 9.17) is 0 Å². The van der Waals surface area contributed by atoms with Crippen molar-refractivity contribution < 1.29 is 4.39 Å². The van der Waals surface area contributed by atoms with Crippen molar-refractivity contribution in [1.82, 2.24) is 30.1 Å². The maximum Gasteiger partial charge on any atom is 0.271 e. The van der Waals surface area contributed by atoms with E-state index in [0.717, 1.165) is 16.7 Å². The van der Waals surface area contributed by atoms with E-state index in [2.05, 4.69) is 40.8 Å². The lowest BCUT2D eigenvalue weighted by atomic mass is 10.1. The van der Waals surface area contributed by atoms with Crippen molar-refractivity contribution in [2.75, 3.05) is 10.6 Å². The number of nitrogens with one attached hydrogen (secondary N) is 4. The van der Waals surface area contributed by atoms with Crippen LogP contribution in [0.4, 0.5) is 21.8 Å². The molecule has 0 aliphatic carbocycles. The lowest BCUT2D eigenvalue weighted by Crippen LogP contribution is -2.14. The molecule has 30 heavy (non-hydrogen) atoms. The zero-order valence-corrected chi connectivity index (χ0v) is 16.3. The van der Waals surface area contributed by atoms with Crippen LogP contribution >= 0.6 is 0 Å². The minimum atomic E-state index is -0.390. The van der Waals surface area contributed by atoms with Gasteiger partial charge in [-0.15, -0.1) is 0 Å². The lowest BCUT2D eigenvalue weighted by Gasteiger charge is -2.16. The molecule has 4 aromatic rings. The highest BCUT2D eigenvalue weighted by molar-refractivity contribution is 5.67. The lowest BCUT2D eigenvalue weighted by molar-refractivity contribution is 0.617. The summed E-state index contributed by atoms with van der Waals surface area (Å²) in [5.74, 6) is 0.448. The van der Waals surface area contributed by atoms with Gasteiger partial charge in [0.2, 0.25) is 5.95 Å². The van der Waals surface area contributed by atoms with Crippen LogP contribution in [0.3, 0.4) is 0 Å². The van der Waals surface area contributed by atoms with Crippen LogP contribution in [-0.2, 0) is 0 Å². The monoisotopic (exact) mass is 406 g/mol. The van der Waals surface area contributed by atoms with Crippen LogP contribution in [-0.4, -0.2) is 30.1 Å². The molecule has 4 heterocycles. The number of anilines is 3. The van der Waals surface area contributed by atoms with E-state index < -0.39 is 5.82 Å². The quantitative estimate of drug-likeness (QED) is 0.387. The van der Waals surface area contributed by atoms with Crippen molar-refractivity contribution in [3.63, 3.8) is 0 Å². The van der Waals surface area contributed by atoms with Crippen LogP contribution < -0.4 is 16.2 Å². The Bertz CT molecular complexity index is 1200. The summed E-state index contributed by atoms with van der Waals surface area (Å²) in [6, 6.07) is 4.47. The smallest absolute Gasteiger partial charge is 0.271 e. The molecule has 1 atom stereocenters. The molecule has 4 rings (SSSR count). The summed E-state index contributed by atoms with van der Waals surface area (Å²) in [6.45, 7) is 3.76. The predicted octanol–water partition coefficient (Wildman–Crippen LogP) is 3.31. The third-order valence-corrected chi connectivity index (χ3v) is 4.50. The molecule has 0 aromatic carbocycles. The summed E-state index contributed by atoms with van der Waals surface area (Å²) in [4.78, 5) is 27.8. The average Bonchev–Trinajstić information content (AvgIpc) is 3.27. The molecule has 4 N–H and O–H groups in total. The summed E-state index contributed by atoms with van der Waals surface area (Å²) in [5, 5.41) is 12.9. The van der Waals surface area contributed by atoms with Crippen molar-refractivity contribution in [3.8, 4) is 11.1 Å². The minimum absolute atomic E-state index is 0.208. The fourth-order valence-corrected chi connectivity index (χ4v) is 2.84. The van der Waals surface area contributed by atoms with Crippen molar-refractivity contribution >= 4 is 17.5 Å². The molecule has 0 fully saturated rings. The van der Waals surface area contributed by atoms with Gasteiger partial charge in [0.1, 0.15) is 17.3 Å². The Labute approximate surface area is 170 Å². The Kier molecular flexibility index (Phi) is 5.21. The second-order valence-electron chi connectivity index (χ2n) is 6.74. The number of H-pyrrole nitrogens is 2. The van der Waals surface area contributed by atoms with Gasteiger partial charge in [-0.2, -0.15) is 10.1 Å². The van der Waals surface area contributed by atoms with Gasteiger partial charge >= 0.3 is 0 Å². The maximum atomic E-state index is 13.1. The maximum absolute atomic E-state index is 13.1. The number of aryl methyl sites for hydroxylation is 1. The van der Waals surface area contributed by atoms with Crippen LogP contribution in [0.15, 0.2) is 54.0 Å². The molecule has 10 heteroatoms. The van der Waals surface area contributed by atoms with Crippen molar-refractivity contribution in [2.45, 2.75) is 19.9 Å². The summed E-state index contributed by atoms with van der Waals surface area (Å²) < 4.78 is 13.1. The summed E-state index contributed by atoms with van der Waals surface area (Å²) in [5.41, 5.74) is 3.11. The van der Waals surface area contributed by atoms with Crippen LogP contribution in [0.1, 0.15) is 24.2 Å². The molecule has 9 nitrogen and oxygen atoms in total. The molecular formula is C20H19FN8O. The first-order valence-electron chi connectivity index (χ1n) is 9.20. The standard InChI is InChI=1S/C20H19FN8O/c1-11-6-24-20(29-18(11)27-12(2)16-4-3-15(21)10-22-16)28-17-5-13(7-23-19(17)30)14-8-25-26-9-14/h3-10,12H,1-2H3,(H,23,30)(H,25,26)(H2,24,27,28,29). The molecule has 0 aliphatic rings. The number of rotatable bonds is 6. The van der Waals surface area contributed by atoms with Gasteiger partial charge in [-0.25, -0.2) is 9.37 Å². The van der Waals surface area contributed by atoms with Gasteiger partial charge in [0, 0.05) is 35.3 Å². The second-order valence-corrected chi connectivity index (χ2v) is 6.74. The van der Waals surface area contributed by atoms with Gasteiger partial charge < -0.3 is 15.6 Å². The Morgan fingerprint density at radius 2 is 1.97 bits per heavy atom. The Morgan fingerprint density at radius 1 is 1.10 bits per heavy atom. The molecule has 0 radical (unpaired) electrons. The number of hydrogen-bond acceptors (Lipinski definition) is 7. The normalized spacial score (nSPS) is 11.8. The first-order chi connectivity index (χ1) is 14.5. The number of aromatic amines is 2. The molecule has 0 saturated heterocycles. The van der Waals surface area contributed by atoms with Gasteiger partial charge in [-0.3, -0.25) is 14.9 Å². The number of pyridine rings is 2. The van der Waals surface area contributed by atoms with Crippen LogP contribution in [0.2, 0.25) is 0 Å². The minimum Gasteiger partial charge on any atom is -0.362 e. The molecule has 0 amide bonds. The van der Waals surface area contributed by atoms with E-state index >= 15 is 0 Å². The van der Waals surface area contributed by atoms with E-state index in [-0.39, 0.29) is 17.5 Å². The molecular weight excluding hydrogens is 387 g/mol. The number of halogens is 1. The Hall–Kier alpha value is -4.08. The highest BCUT2D eigenvalue weighted by Crippen LogP contribution is 2.22. The van der Waals surface area contributed by atoms with E-state index in [1.165, 1.54) is 12.3 Å². The van der Waals surface area contributed by atoms with Gasteiger partial charge in [0.25, 0.3) is 5.56 Å². The average molecular weight is 406 g/mol. The third kappa shape index (κ3) is 4.17. The summed E-state index contributed by atoms with van der Waals surface area (Å²) >= 11 is 0. The van der Waals surface area contributed by atoms with Gasteiger partial charge in [0.15, 0.2) is 0 Å². The largest absolute Gasteiger partial charge is 0.362 e. The van der Waals surface area contributed by atoms with E-state index in [1.807, 2.05) is 13.8 Å². The fraction of sp³-hybridized carbons (Fsp3) is 0.150. The van der Waals surface area contributed by atoms with Gasteiger partial charge in [-0.05, 0) is 32.0 Å². The van der Waals surface area contributed by atoms with E-state index in [1.54, 1.807) is 36.9 Å². The van der Waals surface area contributed by atoms with Crippen molar-refractivity contribution in [2.24, 2.45) is 0 Å². The Morgan fingerprint density at radius 3 is 2.70 bits per heavy atom. The second kappa shape index (κ2) is 8.11. The number of nitrogens with zero attached hydrogens (tertiary/aromatic N) is 4. The molecule has 0 saturated carbocycles. The van der Waals surface area contributed by atoms with Crippen molar-refractivity contribution in [1.29, 1.82) is 0 Å². The molecule has 0 spiro atoms. The highest BCUT2D eigenvalue weighted by Gasteiger charge is 2.12. The zero-order chi connectivity index (χ0) is 21.1. The van der Waals surface area contributed by atoms with E-state index in [0.29, 0.717) is 17.2 Å². The van der Waals surface area contributed by atoms with E-state index in [9.17, 15) is 9.18 Å². The van der Waals surface area contributed by atoms with Crippen LogP contribution in [0.25, 0.3) is 11.1 Å². The molecule has 152 valence electrons. The van der Waals surface area contributed by atoms with Crippen molar-refractivity contribution in [3.05, 3.63) is 76.6 Å². The van der Waals surface area contributed by atoms with Gasteiger partial charge in [-0.1, -0.05) is 0 Å².